The van der Waals surface area contributed by atoms with Crippen LogP contribution in [0.1, 0.15) is 25.7 Å². The molecule has 0 saturated heterocycles. The highest BCUT2D eigenvalue weighted by Crippen LogP contribution is 2.41. The third-order valence-electron chi connectivity index (χ3n) is 3.63. The molecule has 2 rings (SSSR count). The highest BCUT2D eigenvalue weighted by molar-refractivity contribution is 9.09. The predicted molar refractivity (Wildman–Crippen MR) is 94.8 cm³/mol. The van der Waals surface area contributed by atoms with E-state index in [1.165, 1.54) is 19.3 Å². The molecule has 3 nitrogen and oxygen atoms in total. The van der Waals surface area contributed by atoms with Crippen molar-refractivity contribution in [3.63, 3.8) is 0 Å². The van der Waals surface area contributed by atoms with Gasteiger partial charge in [-0.1, -0.05) is 53.0 Å². The first-order valence-corrected chi connectivity index (χ1v) is 8.76. The van der Waals surface area contributed by atoms with Crippen LogP contribution in [0.2, 0.25) is 0 Å². The Morgan fingerprint density at radius 2 is 1.59 bits per heavy atom. The van der Waals surface area contributed by atoms with Gasteiger partial charge in [-0.2, -0.15) is 0 Å². The fourth-order valence-corrected chi connectivity index (χ4v) is 2.90. The van der Waals surface area contributed by atoms with E-state index in [0.29, 0.717) is 5.75 Å². The molecule has 0 unspecified atom stereocenters. The normalized spacial score (nSPS) is 10.7. The van der Waals surface area contributed by atoms with E-state index in [2.05, 4.69) is 22.0 Å². The zero-order valence-electron chi connectivity index (χ0n) is 13.2. The van der Waals surface area contributed by atoms with Crippen LogP contribution >= 0.6 is 15.9 Å². The minimum atomic E-state index is 0.704. The van der Waals surface area contributed by atoms with Crippen LogP contribution in [0.3, 0.4) is 0 Å². The van der Waals surface area contributed by atoms with Crippen LogP contribution in [0.5, 0.6) is 17.2 Å². The molecule has 0 saturated carbocycles. The fourth-order valence-electron chi connectivity index (χ4n) is 2.50. The Morgan fingerprint density at radius 1 is 0.864 bits per heavy atom. The van der Waals surface area contributed by atoms with Gasteiger partial charge < -0.3 is 14.2 Å². The minimum absolute atomic E-state index is 0.704. The maximum absolute atomic E-state index is 5.99. The van der Waals surface area contributed by atoms with Gasteiger partial charge in [0.05, 0.1) is 20.8 Å². The van der Waals surface area contributed by atoms with Crippen molar-refractivity contribution >= 4 is 26.7 Å². The standard InChI is InChI=1S/C18H23BrO3/c1-20-17-13-16(22-12-8-4-3-7-11-19)14-9-5-6-10-15(14)18(17)21-2/h5-6,9-10,13H,3-4,7-8,11-12H2,1-2H3. The number of methoxy groups -OCH3 is 2. The van der Waals surface area contributed by atoms with E-state index in [9.17, 15) is 0 Å². The number of ether oxygens (including phenoxy) is 3. The molecule has 0 atom stereocenters. The highest BCUT2D eigenvalue weighted by Gasteiger charge is 2.13. The Balaban J connectivity index is 2.15. The van der Waals surface area contributed by atoms with Gasteiger partial charge in [0.1, 0.15) is 5.75 Å². The van der Waals surface area contributed by atoms with Crippen LogP contribution in [-0.4, -0.2) is 26.2 Å². The molecule has 0 bridgehead atoms. The smallest absolute Gasteiger partial charge is 0.168 e. The lowest BCUT2D eigenvalue weighted by Crippen LogP contribution is -2.00. The van der Waals surface area contributed by atoms with Crippen LogP contribution in [0.15, 0.2) is 30.3 Å². The maximum atomic E-state index is 5.99. The van der Waals surface area contributed by atoms with E-state index < -0.39 is 0 Å². The molecule has 0 aliphatic carbocycles. The van der Waals surface area contributed by atoms with Gasteiger partial charge in [-0.05, 0) is 12.8 Å². The summed E-state index contributed by atoms with van der Waals surface area (Å²) < 4.78 is 16.9. The van der Waals surface area contributed by atoms with E-state index in [4.69, 9.17) is 14.2 Å². The summed E-state index contributed by atoms with van der Waals surface area (Å²) in [5.41, 5.74) is 0. The van der Waals surface area contributed by atoms with Crippen molar-refractivity contribution in [1.82, 2.24) is 0 Å². The largest absolute Gasteiger partial charge is 0.493 e. The van der Waals surface area contributed by atoms with Crippen molar-refractivity contribution in [1.29, 1.82) is 0 Å². The topological polar surface area (TPSA) is 27.7 Å². The number of hydrogen-bond acceptors (Lipinski definition) is 3. The summed E-state index contributed by atoms with van der Waals surface area (Å²) in [6.45, 7) is 0.724. The summed E-state index contributed by atoms with van der Waals surface area (Å²) in [7, 11) is 3.31. The Bertz CT molecular complexity index is 598. The predicted octanol–water partition coefficient (Wildman–Crippen LogP) is 5.19. The first-order chi connectivity index (χ1) is 10.8. The Labute approximate surface area is 140 Å². The van der Waals surface area contributed by atoms with Crippen LogP contribution in [0.4, 0.5) is 0 Å². The van der Waals surface area contributed by atoms with Crippen LogP contribution in [0.25, 0.3) is 10.8 Å². The zero-order valence-corrected chi connectivity index (χ0v) is 14.8. The molecule has 0 heterocycles. The summed E-state index contributed by atoms with van der Waals surface area (Å²) in [4.78, 5) is 0. The molecule has 0 aromatic heterocycles. The van der Waals surface area contributed by atoms with Gasteiger partial charge in [0, 0.05) is 22.2 Å². The lowest BCUT2D eigenvalue weighted by Gasteiger charge is -2.15. The fraction of sp³-hybridized carbons (Fsp3) is 0.444. The maximum Gasteiger partial charge on any atom is 0.168 e. The molecule has 4 heteroatoms. The Kier molecular flexibility index (Phi) is 6.84. The van der Waals surface area contributed by atoms with Gasteiger partial charge in [-0.15, -0.1) is 0 Å². The van der Waals surface area contributed by atoms with Gasteiger partial charge in [0.2, 0.25) is 0 Å². The second-order valence-electron chi connectivity index (χ2n) is 5.11. The van der Waals surface area contributed by atoms with Gasteiger partial charge in [-0.3, -0.25) is 0 Å². The Morgan fingerprint density at radius 3 is 2.27 bits per heavy atom. The average molecular weight is 367 g/mol. The molecule has 22 heavy (non-hydrogen) atoms. The number of halogens is 1. The van der Waals surface area contributed by atoms with Crippen molar-refractivity contribution in [2.24, 2.45) is 0 Å². The molecule has 0 aliphatic rings. The van der Waals surface area contributed by atoms with Crippen LogP contribution in [-0.2, 0) is 0 Å². The molecule has 0 aliphatic heterocycles. The first kappa shape index (κ1) is 16.9. The van der Waals surface area contributed by atoms with Crippen LogP contribution in [0, 0.1) is 0 Å². The number of fused-ring (bicyclic) bond motifs is 1. The quantitative estimate of drug-likeness (QED) is 0.451. The number of rotatable bonds is 9. The molecule has 2 aromatic carbocycles. The highest BCUT2D eigenvalue weighted by atomic mass is 79.9. The average Bonchev–Trinajstić information content (AvgIpc) is 2.57. The van der Waals surface area contributed by atoms with Crippen molar-refractivity contribution < 1.29 is 14.2 Å². The molecule has 120 valence electrons. The Hall–Kier alpha value is -1.42. The molecule has 0 N–H and O–H groups in total. The first-order valence-electron chi connectivity index (χ1n) is 7.64. The van der Waals surface area contributed by atoms with E-state index in [1.54, 1.807) is 14.2 Å². The second-order valence-corrected chi connectivity index (χ2v) is 5.90. The van der Waals surface area contributed by atoms with Gasteiger partial charge >= 0.3 is 0 Å². The third kappa shape index (κ3) is 4.07. The molecular formula is C18H23BrO3. The summed E-state index contributed by atoms with van der Waals surface area (Å²) >= 11 is 3.45. The monoisotopic (exact) mass is 366 g/mol. The lowest BCUT2D eigenvalue weighted by molar-refractivity contribution is 0.304. The molecule has 0 amide bonds. The number of hydrogen-bond donors (Lipinski definition) is 0. The third-order valence-corrected chi connectivity index (χ3v) is 4.19. The molecule has 2 aromatic rings. The van der Waals surface area contributed by atoms with Gasteiger partial charge in [-0.25, -0.2) is 0 Å². The van der Waals surface area contributed by atoms with E-state index >= 15 is 0 Å². The van der Waals surface area contributed by atoms with E-state index in [-0.39, 0.29) is 0 Å². The van der Waals surface area contributed by atoms with E-state index in [0.717, 1.165) is 40.6 Å². The van der Waals surface area contributed by atoms with Crippen molar-refractivity contribution in [3.05, 3.63) is 30.3 Å². The molecule has 0 fully saturated rings. The van der Waals surface area contributed by atoms with Crippen molar-refractivity contribution in [2.75, 3.05) is 26.2 Å². The number of unbranched alkanes of at least 4 members (excludes halogenated alkanes) is 3. The van der Waals surface area contributed by atoms with Gasteiger partial charge in [0.25, 0.3) is 0 Å². The molecular weight excluding hydrogens is 344 g/mol. The lowest BCUT2D eigenvalue weighted by atomic mass is 10.1. The number of alkyl halides is 1. The second kappa shape index (κ2) is 8.89. The minimum Gasteiger partial charge on any atom is -0.493 e. The summed E-state index contributed by atoms with van der Waals surface area (Å²) in [6.07, 6.45) is 4.72. The van der Waals surface area contributed by atoms with Gasteiger partial charge in [0.15, 0.2) is 11.5 Å². The van der Waals surface area contributed by atoms with Crippen molar-refractivity contribution in [2.45, 2.75) is 25.7 Å². The van der Waals surface area contributed by atoms with Crippen LogP contribution < -0.4 is 14.2 Å². The molecule has 0 radical (unpaired) electrons. The summed E-state index contributed by atoms with van der Waals surface area (Å²) in [5, 5.41) is 3.15. The number of benzene rings is 2. The van der Waals surface area contributed by atoms with E-state index in [1.807, 2.05) is 24.3 Å². The SMILES string of the molecule is COc1cc(OCCCCCCBr)c2ccccc2c1OC. The zero-order chi connectivity index (χ0) is 15.8. The summed E-state index contributed by atoms with van der Waals surface area (Å²) in [5.74, 6) is 2.31. The summed E-state index contributed by atoms with van der Waals surface area (Å²) in [6, 6.07) is 10.0. The van der Waals surface area contributed by atoms with Crippen molar-refractivity contribution in [3.8, 4) is 17.2 Å². The molecule has 0 spiro atoms.